The maximum absolute atomic E-state index is 14.8. The number of hydrogen-bond donors (Lipinski definition) is 0. The Hall–Kier alpha value is -3.34. The van der Waals surface area contributed by atoms with Gasteiger partial charge in [0.2, 0.25) is 0 Å². The standard InChI is InChI=1S/C27H30BF2N5O2S2/c1-15(16(2)26(38(7)36)18(4)32-6)24(25-17(3)27(39(8)37)19(5)35(25)28(29)30)23-14-21(33-34-31)13-20-11-9-10-12-22(20)23/h9-14H,1-8H3/b24-15+,26-16+,32-18?. The number of hydrogen-bond acceptors (Lipinski definition) is 4. The van der Waals surface area contributed by atoms with Crippen molar-refractivity contribution < 1.29 is 17.0 Å². The number of azide groups is 1. The first-order valence-electron chi connectivity index (χ1n) is 12.0. The van der Waals surface area contributed by atoms with Crippen LogP contribution >= 0.6 is 0 Å². The second-order valence-corrected chi connectivity index (χ2v) is 11.7. The summed E-state index contributed by atoms with van der Waals surface area (Å²) in [7, 11) is -4.29. The molecule has 0 fully saturated rings. The Balaban J connectivity index is 2.73. The van der Waals surface area contributed by atoms with Crippen molar-refractivity contribution in [2.75, 3.05) is 19.6 Å². The van der Waals surface area contributed by atoms with Crippen LogP contribution in [0.25, 0.3) is 26.8 Å². The van der Waals surface area contributed by atoms with Gasteiger partial charge in [-0.2, -0.15) is 0 Å². The Bertz CT molecular complexity index is 1670. The van der Waals surface area contributed by atoms with E-state index >= 15 is 0 Å². The molecule has 0 saturated carbocycles. The highest BCUT2D eigenvalue weighted by Gasteiger charge is 2.32. The second-order valence-electron chi connectivity index (χ2n) is 9.11. The summed E-state index contributed by atoms with van der Waals surface area (Å²) in [6.45, 7) is 8.54. The Morgan fingerprint density at radius 1 is 1.05 bits per heavy atom. The smallest absolute Gasteiger partial charge is 0.328 e. The molecule has 2 unspecified atom stereocenters. The Kier molecular flexibility index (Phi) is 9.48. The van der Waals surface area contributed by atoms with E-state index in [1.54, 1.807) is 53.1 Å². The lowest BCUT2D eigenvalue weighted by atomic mass is 9.87. The summed E-state index contributed by atoms with van der Waals surface area (Å²) in [6, 6.07) is 10.8. The van der Waals surface area contributed by atoms with Crippen LogP contribution in [0.1, 0.15) is 43.3 Å². The van der Waals surface area contributed by atoms with Crippen LogP contribution in [0, 0.1) is 13.8 Å². The number of halogens is 2. The molecule has 2 aromatic carbocycles. The fraction of sp³-hybridized carbons (Fsp3) is 0.296. The van der Waals surface area contributed by atoms with Crippen molar-refractivity contribution >= 4 is 56.7 Å². The molecular formula is C27H30BF2N5O2S2. The van der Waals surface area contributed by atoms with Gasteiger partial charge < -0.3 is 4.48 Å². The lowest BCUT2D eigenvalue weighted by Gasteiger charge is -2.21. The van der Waals surface area contributed by atoms with E-state index in [2.05, 4.69) is 15.0 Å². The summed E-state index contributed by atoms with van der Waals surface area (Å²) >= 11 is 0. The van der Waals surface area contributed by atoms with Crippen molar-refractivity contribution in [2.24, 2.45) is 10.1 Å². The molecule has 12 heteroatoms. The van der Waals surface area contributed by atoms with E-state index in [1.165, 1.54) is 13.2 Å². The highest BCUT2D eigenvalue weighted by atomic mass is 32.2. The quantitative estimate of drug-likeness (QED) is 0.0711. The molecule has 0 amide bonds. The van der Waals surface area contributed by atoms with Crippen molar-refractivity contribution in [1.82, 2.24) is 4.48 Å². The molecule has 3 rings (SSSR count). The number of nitrogens with zero attached hydrogens (tertiary/aromatic N) is 5. The predicted molar refractivity (Wildman–Crippen MR) is 160 cm³/mol. The largest absolute Gasteiger partial charge is 0.677 e. The molecule has 0 N–H and O–H groups in total. The molecule has 1 heterocycles. The summed E-state index contributed by atoms with van der Waals surface area (Å²) < 4.78 is 56.0. The lowest BCUT2D eigenvalue weighted by molar-refractivity contribution is 0.623. The predicted octanol–water partition coefficient (Wildman–Crippen LogP) is 7.27. The van der Waals surface area contributed by atoms with Crippen LogP contribution in [0.5, 0.6) is 0 Å². The van der Waals surface area contributed by atoms with Crippen LogP contribution in [0.15, 0.2) is 67.5 Å². The molecule has 0 spiro atoms. The van der Waals surface area contributed by atoms with Gasteiger partial charge in [-0.3, -0.25) is 22.0 Å². The van der Waals surface area contributed by atoms with Gasteiger partial charge in [0.15, 0.2) is 0 Å². The van der Waals surface area contributed by atoms with Gasteiger partial charge in [-0.15, -0.1) is 0 Å². The van der Waals surface area contributed by atoms with E-state index < -0.39 is 29.0 Å². The fourth-order valence-corrected chi connectivity index (χ4v) is 7.22. The molecule has 0 aliphatic rings. The van der Waals surface area contributed by atoms with Gasteiger partial charge in [0.05, 0.1) is 31.4 Å². The molecule has 39 heavy (non-hydrogen) atoms. The van der Waals surface area contributed by atoms with Gasteiger partial charge in [0.1, 0.15) is 0 Å². The highest BCUT2D eigenvalue weighted by molar-refractivity contribution is 7.89. The SMILES string of the molecule is CN=C(C)/C(=C(C)\C(C)=C(/c1cc(N=[N+]=[N-])cc2ccccc12)c1c(C)c(S(C)=O)c(C)n1B(F)F)S(C)=O. The zero-order chi connectivity index (χ0) is 29.2. The molecule has 204 valence electrons. The van der Waals surface area contributed by atoms with Crippen molar-refractivity contribution in [3.63, 3.8) is 0 Å². The molecule has 3 aromatic rings. The van der Waals surface area contributed by atoms with E-state index in [0.717, 1.165) is 15.3 Å². The van der Waals surface area contributed by atoms with Crippen molar-refractivity contribution in [3.05, 3.63) is 85.4 Å². The van der Waals surface area contributed by atoms with Crippen LogP contribution < -0.4 is 0 Å². The summed E-state index contributed by atoms with van der Waals surface area (Å²) in [4.78, 5) is 7.99. The van der Waals surface area contributed by atoms with E-state index in [0.29, 0.717) is 49.0 Å². The van der Waals surface area contributed by atoms with Gasteiger partial charge in [-0.25, -0.2) is 0 Å². The van der Waals surface area contributed by atoms with E-state index in [4.69, 9.17) is 0 Å². The van der Waals surface area contributed by atoms with Crippen LogP contribution in [-0.2, 0) is 21.6 Å². The molecule has 1 aromatic heterocycles. The molecule has 0 radical (unpaired) electrons. The van der Waals surface area contributed by atoms with Crippen molar-refractivity contribution in [1.29, 1.82) is 0 Å². The second kappa shape index (κ2) is 12.2. The van der Waals surface area contributed by atoms with E-state index in [9.17, 15) is 22.6 Å². The van der Waals surface area contributed by atoms with Gasteiger partial charge in [-0.1, -0.05) is 29.4 Å². The van der Waals surface area contributed by atoms with Crippen LogP contribution in [-0.4, -0.2) is 45.6 Å². The summed E-state index contributed by atoms with van der Waals surface area (Å²) in [5, 5.41) is 5.30. The Morgan fingerprint density at radius 3 is 2.23 bits per heavy atom. The highest BCUT2D eigenvalue weighted by Crippen LogP contribution is 2.42. The van der Waals surface area contributed by atoms with Crippen LogP contribution in [0.2, 0.25) is 0 Å². The maximum Gasteiger partial charge on any atom is 0.677 e. The van der Waals surface area contributed by atoms with Crippen LogP contribution in [0.3, 0.4) is 0 Å². The summed E-state index contributed by atoms with van der Waals surface area (Å²) in [5.41, 5.74) is 13.1. The molecule has 0 aliphatic heterocycles. The molecule has 0 bridgehead atoms. The topological polar surface area (TPSA) is 100 Å². The van der Waals surface area contributed by atoms with Crippen molar-refractivity contribution in [2.45, 2.75) is 39.5 Å². The number of benzene rings is 2. The van der Waals surface area contributed by atoms with E-state index in [1.807, 2.05) is 24.3 Å². The maximum atomic E-state index is 14.8. The van der Waals surface area contributed by atoms with Gasteiger partial charge in [0.25, 0.3) is 0 Å². The average Bonchev–Trinajstić information content (AvgIpc) is 3.13. The van der Waals surface area contributed by atoms with Gasteiger partial charge >= 0.3 is 7.40 Å². The first kappa shape index (κ1) is 30.2. The number of rotatable bonds is 8. The summed E-state index contributed by atoms with van der Waals surface area (Å²) in [5.74, 6) is 0. The lowest BCUT2D eigenvalue weighted by Crippen LogP contribution is -2.19. The Labute approximate surface area is 232 Å². The average molecular weight is 570 g/mol. The monoisotopic (exact) mass is 569 g/mol. The summed E-state index contributed by atoms with van der Waals surface area (Å²) in [6.07, 6.45) is 3.01. The molecule has 0 saturated heterocycles. The number of aromatic nitrogens is 1. The van der Waals surface area contributed by atoms with Gasteiger partial charge in [-0.05, 0) is 85.3 Å². The fourth-order valence-electron chi connectivity index (χ4n) is 5.08. The third-order valence-electron chi connectivity index (χ3n) is 6.85. The molecule has 2 atom stereocenters. The third kappa shape index (κ3) is 5.68. The third-order valence-corrected chi connectivity index (χ3v) is 9.20. The zero-order valence-corrected chi connectivity index (χ0v) is 24.8. The molecule has 7 nitrogen and oxygen atoms in total. The van der Waals surface area contributed by atoms with E-state index in [-0.39, 0.29) is 11.4 Å². The number of allylic oxidation sites excluding steroid dienone is 3. The first-order valence-corrected chi connectivity index (χ1v) is 15.1. The minimum absolute atomic E-state index is 0.195. The van der Waals surface area contributed by atoms with Crippen molar-refractivity contribution in [3.8, 4) is 0 Å². The zero-order valence-electron chi connectivity index (χ0n) is 23.2. The minimum Gasteiger partial charge on any atom is -0.328 e. The van der Waals surface area contributed by atoms with Gasteiger partial charge in [0, 0.05) is 52.8 Å². The number of fused-ring (bicyclic) bond motifs is 1. The molecule has 0 aliphatic carbocycles. The Morgan fingerprint density at radius 2 is 1.69 bits per heavy atom. The van der Waals surface area contributed by atoms with Crippen LogP contribution in [0.4, 0.5) is 14.3 Å². The normalized spacial score (nSPS) is 14.9. The minimum atomic E-state index is -2.92. The molecular weight excluding hydrogens is 539 g/mol. The first-order chi connectivity index (χ1) is 18.4. The number of aliphatic imine (C=N–C) groups is 1.